The molecule has 0 saturated carbocycles. The van der Waals surface area contributed by atoms with Gasteiger partial charge in [-0.2, -0.15) is 0 Å². The van der Waals surface area contributed by atoms with E-state index < -0.39 is 0 Å². The summed E-state index contributed by atoms with van der Waals surface area (Å²) in [6.45, 7) is 17.2. The number of benzene rings is 3. The highest BCUT2D eigenvalue weighted by Crippen LogP contribution is 2.34. The zero-order valence-corrected chi connectivity index (χ0v) is 25.3. The molecular weight excluding hydrogens is 492 g/mol. The van der Waals surface area contributed by atoms with E-state index >= 15 is 0 Å². The van der Waals surface area contributed by atoms with Crippen LogP contribution in [0.4, 0.5) is 5.69 Å². The summed E-state index contributed by atoms with van der Waals surface area (Å²) in [7, 11) is 1.74. The molecule has 1 heterocycles. The maximum absolute atomic E-state index is 6.26. The molecule has 1 fully saturated rings. The number of piperazine rings is 1. The van der Waals surface area contributed by atoms with Crippen LogP contribution in [0, 0.1) is 19.8 Å². The van der Waals surface area contributed by atoms with Gasteiger partial charge in [0.1, 0.15) is 18.1 Å². The Hall–Kier alpha value is -3.24. The van der Waals surface area contributed by atoms with Crippen LogP contribution in [0.25, 0.3) is 5.57 Å². The Labute approximate surface area is 241 Å². The van der Waals surface area contributed by atoms with Crippen molar-refractivity contribution in [3.05, 3.63) is 93.6 Å². The molecule has 0 amide bonds. The molecule has 4 nitrogen and oxygen atoms in total. The molecule has 1 aliphatic heterocycles. The number of anilines is 1. The van der Waals surface area contributed by atoms with Gasteiger partial charge in [-0.05, 0) is 110 Å². The minimum absolute atomic E-state index is 0.512. The summed E-state index contributed by atoms with van der Waals surface area (Å²) in [5.41, 5.74) is 12.3. The van der Waals surface area contributed by atoms with Crippen molar-refractivity contribution >= 4 is 11.3 Å². The van der Waals surface area contributed by atoms with Crippen LogP contribution in [-0.2, 0) is 19.4 Å². The molecule has 2 aliphatic rings. The van der Waals surface area contributed by atoms with Gasteiger partial charge in [0.15, 0.2) is 0 Å². The van der Waals surface area contributed by atoms with Gasteiger partial charge in [-0.15, -0.1) is 0 Å². The average Bonchev–Trinajstić information content (AvgIpc) is 2.95. The Kier molecular flexibility index (Phi) is 8.85. The van der Waals surface area contributed by atoms with Crippen molar-refractivity contribution in [1.29, 1.82) is 0 Å². The second-order valence-corrected chi connectivity index (χ2v) is 12.1. The number of hydrogen-bond acceptors (Lipinski definition) is 4. The lowest BCUT2D eigenvalue weighted by Gasteiger charge is -2.37. The van der Waals surface area contributed by atoms with Gasteiger partial charge in [0.25, 0.3) is 0 Å². The third kappa shape index (κ3) is 6.55. The first kappa shape index (κ1) is 28.3. The minimum atomic E-state index is 0.512. The van der Waals surface area contributed by atoms with Crippen molar-refractivity contribution in [2.45, 2.75) is 60.5 Å². The lowest BCUT2D eigenvalue weighted by atomic mass is 9.86. The smallest absolute Gasteiger partial charge is 0.125 e. The minimum Gasteiger partial charge on any atom is -0.496 e. The van der Waals surface area contributed by atoms with Crippen LogP contribution in [0.5, 0.6) is 11.5 Å². The number of fused-ring (bicyclic) bond motifs is 1. The highest BCUT2D eigenvalue weighted by molar-refractivity contribution is 5.72. The van der Waals surface area contributed by atoms with Crippen LogP contribution in [0.2, 0.25) is 0 Å². The SMILES string of the molecule is COc1cc(CC(C)C)ccc1COc1ccc2c(c1)CCC(CN1CCN(c3ccc(C)c(C)c3)CC1)=C2C. The molecule has 3 aromatic carbocycles. The zero-order chi connectivity index (χ0) is 28.2. The highest BCUT2D eigenvalue weighted by atomic mass is 16.5. The summed E-state index contributed by atoms with van der Waals surface area (Å²) >= 11 is 0. The molecule has 0 spiro atoms. The molecular formula is C36H46N2O2. The third-order valence-electron chi connectivity index (χ3n) is 8.74. The van der Waals surface area contributed by atoms with Gasteiger partial charge in [-0.1, -0.05) is 43.7 Å². The van der Waals surface area contributed by atoms with E-state index in [0.29, 0.717) is 12.5 Å². The largest absolute Gasteiger partial charge is 0.496 e. The Bertz CT molecular complexity index is 1370. The first-order valence-corrected chi connectivity index (χ1v) is 15.0. The van der Waals surface area contributed by atoms with Crippen LogP contribution in [0.3, 0.4) is 0 Å². The molecule has 0 N–H and O–H groups in total. The van der Waals surface area contributed by atoms with Crippen LogP contribution in [0.1, 0.15) is 60.6 Å². The molecule has 40 heavy (non-hydrogen) atoms. The van der Waals surface area contributed by atoms with Gasteiger partial charge in [0, 0.05) is 44.0 Å². The van der Waals surface area contributed by atoms with E-state index in [4.69, 9.17) is 9.47 Å². The van der Waals surface area contributed by atoms with Crippen LogP contribution in [-0.4, -0.2) is 44.7 Å². The molecule has 4 heteroatoms. The lowest BCUT2D eigenvalue weighted by molar-refractivity contribution is 0.276. The molecule has 0 atom stereocenters. The molecule has 5 rings (SSSR count). The number of methoxy groups -OCH3 is 1. The van der Waals surface area contributed by atoms with E-state index in [9.17, 15) is 0 Å². The molecule has 3 aromatic rings. The molecule has 1 aliphatic carbocycles. The predicted octanol–water partition coefficient (Wildman–Crippen LogP) is 7.63. The van der Waals surface area contributed by atoms with Crippen molar-refractivity contribution in [3.63, 3.8) is 0 Å². The van der Waals surface area contributed by atoms with Crippen molar-refractivity contribution in [2.24, 2.45) is 5.92 Å². The van der Waals surface area contributed by atoms with Crippen LogP contribution >= 0.6 is 0 Å². The second-order valence-electron chi connectivity index (χ2n) is 12.1. The predicted molar refractivity (Wildman–Crippen MR) is 168 cm³/mol. The number of allylic oxidation sites excluding steroid dienone is 1. The lowest BCUT2D eigenvalue weighted by Crippen LogP contribution is -2.47. The fraction of sp³-hybridized carbons (Fsp3) is 0.444. The Morgan fingerprint density at radius 2 is 1.62 bits per heavy atom. The monoisotopic (exact) mass is 538 g/mol. The van der Waals surface area contributed by atoms with Gasteiger partial charge >= 0.3 is 0 Å². The number of hydrogen-bond donors (Lipinski definition) is 0. The molecule has 1 saturated heterocycles. The Morgan fingerprint density at radius 3 is 2.35 bits per heavy atom. The fourth-order valence-corrected chi connectivity index (χ4v) is 6.12. The number of rotatable bonds is 9. The van der Waals surface area contributed by atoms with Crippen LogP contribution in [0.15, 0.2) is 60.2 Å². The summed E-state index contributed by atoms with van der Waals surface area (Å²) < 4.78 is 11.9. The maximum Gasteiger partial charge on any atom is 0.125 e. The molecule has 0 bridgehead atoms. The second kappa shape index (κ2) is 12.5. The topological polar surface area (TPSA) is 24.9 Å². The summed E-state index contributed by atoms with van der Waals surface area (Å²) in [4.78, 5) is 5.18. The van der Waals surface area contributed by atoms with Gasteiger partial charge in [0.05, 0.1) is 7.11 Å². The Morgan fingerprint density at radius 1 is 0.825 bits per heavy atom. The van der Waals surface area contributed by atoms with E-state index in [-0.39, 0.29) is 0 Å². The van der Waals surface area contributed by atoms with Crippen molar-refractivity contribution in [3.8, 4) is 11.5 Å². The molecule has 212 valence electrons. The van der Waals surface area contributed by atoms with E-state index in [2.05, 4.69) is 99.0 Å². The van der Waals surface area contributed by atoms with Crippen molar-refractivity contribution < 1.29 is 9.47 Å². The maximum atomic E-state index is 6.26. The number of ether oxygens (including phenoxy) is 2. The summed E-state index contributed by atoms with van der Waals surface area (Å²) in [5, 5.41) is 0. The number of aryl methyl sites for hydroxylation is 3. The number of nitrogens with zero attached hydrogens (tertiary/aromatic N) is 2. The molecule has 0 radical (unpaired) electrons. The first-order valence-electron chi connectivity index (χ1n) is 15.0. The molecule has 0 unspecified atom stereocenters. The summed E-state index contributed by atoms with van der Waals surface area (Å²) in [6, 6.07) is 20.0. The van der Waals surface area contributed by atoms with Crippen LogP contribution < -0.4 is 14.4 Å². The van der Waals surface area contributed by atoms with Crippen molar-refractivity contribution in [2.75, 3.05) is 44.7 Å². The standard InChI is InChI=1S/C36H46N2O2/c1-25(2)19-29-8-9-32(36(21-29)39-6)24-40-34-13-14-35-28(5)31(11-10-30(35)22-34)23-37-15-17-38(18-16-37)33-12-7-26(3)27(4)20-33/h7-9,12-14,20-22,25H,10-11,15-19,23-24H2,1-6H3. The van der Waals surface area contributed by atoms with Gasteiger partial charge in [0.2, 0.25) is 0 Å². The van der Waals surface area contributed by atoms with Gasteiger partial charge in [-0.3, -0.25) is 4.90 Å². The average molecular weight is 539 g/mol. The first-order chi connectivity index (χ1) is 19.3. The molecule has 0 aromatic heterocycles. The van der Waals surface area contributed by atoms with E-state index in [0.717, 1.165) is 69.0 Å². The van der Waals surface area contributed by atoms with E-state index in [1.807, 2.05) is 0 Å². The fourth-order valence-electron chi connectivity index (χ4n) is 6.12. The Balaban J connectivity index is 1.19. The zero-order valence-electron chi connectivity index (χ0n) is 25.3. The normalized spacial score (nSPS) is 15.9. The van der Waals surface area contributed by atoms with Gasteiger partial charge in [-0.25, -0.2) is 0 Å². The van der Waals surface area contributed by atoms with E-state index in [1.165, 1.54) is 39.1 Å². The van der Waals surface area contributed by atoms with E-state index in [1.54, 1.807) is 12.7 Å². The quantitative estimate of drug-likeness (QED) is 0.280. The van der Waals surface area contributed by atoms with Gasteiger partial charge < -0.3 is 14.4 Å². The summed E-state index contributed by atoms with van der Waals surface area (Å²) in [5.74, 6) is 2.47. The third-order valence-corrected chi connectivity index (χ3v) is 8.74. The van der Waals surface area contributed by atoms with Crippen molar-refractivity contribution in [1.82, 2.24) is 4.90 Å². The summed E-state index contributed by atoms with van der Waals surface area (Å²) in [6.07, 6.45) is 3.26. The highest BCUT2D eigenvalue weighted by Gasteiger charge is 2.22.